The predicted octanol–water partition coefficient (Wildman–Crippen LogP) is 4.00. The molecular weight excluding hydrogens is 375 g/mol. The van der Waals surface area contributed by atoms with Gasteiger partial charge in [-0.05, 0) is 45.7 Å². The van der Waals surface area contributed by atoms with Gasteiger partial charge in [0.1, 0.15) is 11.4 Å². The average molecular weight is 400 g/mol. The van der Waals surface area contributed by atoms with Crippen LogP contribution in [0.2, 0.25) is 0 Å². The lowest BCUT2D eigenvalue weighted by molar-refractivity contribution is -0.0431. The number of nitrogens with zero attached hydrogens (tertiary/aromatic N) is 4. The zero-order valence-electron chi connectivity index (χ0n) is 16.9. The molecule has 1 aromatic heterocycles. The van der Waals surface area contributed by atoms with Gasteiger partial charge in [0.2, 0.25) is 5.69 Å². The molecule has 0 bridgehead atoms. The Hall–Kier alpha value is -2.92. The third-order valence-electron chi connectivity index (χ3n) is 4.81. The van der Waals surface area contributed by atoms with Gasteiger partial charge in [0.05, 0.1) is 24.4 Å². The van der Waals surface area contributed by atoms with Crippen LogP contribution in [0.15, 0.2) is 30.5 Å². The van der Waals surface area contributed by atoms with E-state index in [0.29, 0.717) is 37.2 Å². The first-order valence-corrected chi connectivity index (χ1v) is 9.50. The molecule has 0 aliphatic carbocycles. The highest BCUT2D eigenvalue weighted by molar-refractivity contribution is 5.68. The summed E-state index contributed by atoms with van der Waals surface area (Å²) in [6.07, 6.45) is 2.19. The molecule has 154 valence electrons. The molecule has 2 aromatic rings. The van der Waals surface area contributed by atoms with Gasteiger partial charge in [-0.3, -0.25) is 4.68 Å². The van der Waals surface area contributed by atoms with Gasteiger partial charge < -0.3 is 14.7 Å². The average Bonchev–Trinajstić information content (AvgIpc) is 3.08. The van der Waals surface area contributed by atoms with E-state index < -0.39 is 17.0 Å². The summed E-state index contributed by atoms with van der Waals surface area (Å²) in [7, 11) is 0. The maximum atomic E-state index is 13.9. The fourth-order valence-corrected chi connectivity index (χ4v) is 3.25. The number of hydrogen-bond acceptors (Lipinski definition) is 4. The van der Waals surface area contributed by atoms with Gasteiger partial charge in [0.25, 0.3) is 0 Å². The molecule has 8 heteroatoms. The van der Waals surface area contributed by atoms with Crippen molar-refractivity contribution in [2.24, 2.45) is 0 Å². The maximum absolute atomic E-state index is 13.9. The second kappa shape index (κ2) is 7.84. The zero-order valence-corrected chi connectivity index (χ0v) is 16.9. The second-order valence-electron chi connectivity index (χ2n) is 8.37. The molecule has 0 unspecified atom stereocenters. The number of aromatic nitrogens is 2. The van der Waals surface area contributed by atoms with Crippen molar-refractivity contribution in [2.45, 2.75) is 51.4 Å². The summed E-state index contributed by atoms with van der Waals surface area (Å²) in [6, 6.07) is 6.10. The third-order valence-corrected chi connectivity index (χ3v) is 4.81. The van der Waals surface area contributed by atoms with E-state index in [1.165, 1.54) is 12.1 Å². The molecule has 2 heterocycles. The molecule has 29 heavy (non-hydrogen) atoms. The highest BCUT2D eigenvalue weighted by Gasteiger charge is 2.36. The number of rotatable bonds is 3. The highest BCUT2D eigenvalue weighted by Crippen LogP contribution is 2.27. The summed E-state index contributed by atoms with van der Waals surface area (Å²) < 4.78 is 20.9. The van der Waals surface area contributed by atoms with Gasteiger partial charge in [-0.25, -0.2) is 14.0 Å². The van der Waals surface area contributed by atoms with Crippen LogP contribution in [0, 0.1) is 12.4 Å². The monoisotopic (exact) mass is 400 g/mol. The van der Waals surface area contributed by atoms with Crippen molar-refractivity contribution in [2.75, 3.05) is 13.1 Å². The van der Waals surface area contributed by atoms with Crippen LogP contribution in [-0.4, -0.2) is 50.2 Å². The Morgan fingerprint density at radius 2 is 2.03 bits per heavy atom. The number of amides is 1. The Balaban J connectivity index is 1.62. The lowest BCUT2D eigenvalue weighted by Crippen LogP contribution is -2.49. The summed E-state index contributed by atoms with van der Waals surface area (Å²) in [6.45, 7) is 13.5. The first-order valence-electron chi connectivity index (χ1n) is 9.50. The van der Waals surface area contributed by atoms with Crippen molar-refractivity contribution in [3.63, 3.8) is 0 Å². The summed E-state index contributed by atoms with van der Waals surface area (Å²) in [5.74, 6) is -0.583. The van der Waals surface area contributed by atoms with Crippen LogP contribution in [-0.2, 0) is 11.3 Å². The Bertz CT molecular complexity index is 934. The van der Waals surface area contributed by atoms with Crippen LogP contribution in [0.5, 0.6) is 0 Å². The van der Waals surface area contributed by atoms with Crippen molar-refractivity contribution in [1.29, 1.82) is 0 Å². The fraction of sp³-hybridized carbons (Fsp3) is 0.476. The molecule has 1 N–H and O–H groups in total. The lowest BCUT2D eigenvalue weighted by Gasteiger charge is -2.38. The Kier molecular flexibility index (Phi) is 5.62. The topological polar surface area (TPSA) is 72.0 Å². The van der Waals surface area contributed by atoms with Crippen molar-refractivity contribution in [3.05, 3.63) is 47.7 Å². The molecule has 7 nitrogen and oxygen atoms in total. The molecule has 1 aliphatic heterocycles. The van der Waals surface area contributed by atoms with Gasteiger partial charge >= 0.3 is 6.09 Å². The summed E-state index contributed by atoms with van der Waals surface area (Å²) in [5.41, 5.74) is -0.432. The van der Waals surface area contributed by atoms with E-state index in [1.54, 1.807) is 27.9 Å². The highest BCUT2D eigenvalue weighted by atomic mass is 19.1. The van der Waals surface area contributed by atoms with Gasteiger partial charge in [0, 0.05) is 24.8 Å². The van der Waals surface area contributed by atoms with Crippen LogP contribution >= 0.6 is 0 Å². The first-order chi connectivity index (χ1) is 13.6. The van der Waals surface area contributed by atoms with Gasteiger partial charge in [-0.15, -0.1) is 0 Å². The predicted molar refractivity (Wildman–Crippen MR) is 106 cm³/mol. The number of ether oxygens (including phenoxy) is 1. The molecule has 1 saturated heterocycles. The number of halogens is 1. The number of aliphatic hydroxyl groups is 1. The number of carbonyl (C=O) groups excluding carboxylic acids is 1. The van der Waals surface area contributed by atoms with E-state index in [-0.39, 0.29) is 18.3 Å². The van der Waals surface area contributed by atoms with E-state index in [9.17, 15) is 14.3 Å². The van der Waals surface area contributed by atoms with E-state index in [4.69, 9.17) is 11.3 Å². The summed E-state index contributed by atoms with van der Waals surface area (Å²) in [4.78, 5) is 16.9. The van der Waals surface area contributed by atoms with E-state index in [0.717, 1.165) is 0 Å². The fourth-order valence-electron chi connectivity index (χ4n) is 3.25. The van der Waals surface area contributed by atoms with E-state index in [2.05, 4.69) is 9.94 Å². The smallest absolute Gasteiger partial charge is 0.410 e. The SMILES string of the molecule is [C-]#[N+]c1ccc(-c2ccn(CC3(O)CCN(C(=O)OC(C)(C)C)CC3)n2)cc1F. The van der Waals surface area contributed by atoms with Crippen molar-refractivity contribution in [3.8, 4) is 11.3 Å². The van der Waals surface area contributed by atoms with Crippen LogP contribution in [0.25, 0.3) is 16.1 Å². The van der Waals surface area contributed by atoms with E-state index in [1.807, 2.05) is 20.8 Å². The number of piperidine rings is 1. The molecule has 0 spiro atoms. The molecule has 1 aromatic carbocycles. The zero-order chi connectivity index (χ0) is 21.2. The second-order valence-corrected chi connectivity index (χ2v) is 8.37. The van der Waals surface area contributed by atoms with E-state index >= 15 is 0 Å². The largest absolute Gasteiger partial charge is 0.444 e. The number of carbonyl (C=O) groups is 1. The molecule has 1 amide bonds. The Labute approximate surface area is 169 Å². The van der Waals surface area contributed by atoms with Gasteiger partial charge in [0.15, 0.2) is 0 Å². The quantitative estimate of drug-likeness (QED) is 0.791. The number of hydrogen-bond donors (Lipinski definition) is 1. The molecule has 0 radical (unpaired) electrons. The third kappa shape index (κ3) is 5.12. The van der Waals surface area contributed by atoms with Crippen molar-refractivity contribution < 1.29 is 19.0 Å². The van der Waals surface area contributed by atoms with Crippen molar-refractivity contribution >= 4 is 11.8 Å². The molecular formula is C21H25FN4O3. The van der Waals surface area contributed by atoms with Gasteiger partial charge in [-0.1, -0.05) is 12.1 Å². The Morgan fingerprint density at radius 1 is 1.34 bits per heavy atom. The molecule has 0 saturated carbocycles. The molecule has 0 atom stereocenters. The normalized spacial score (nSPS) is 16.3. The van der Waals surface area contributed by atoms with Crippen LogP contribution in [0.4, 0.5) is 14.9 Å². The lowest BCUT2D eigenvalue weighted by atomic mass is 9.91. The maximum Gasteiger partial charge on any atom is 0.410 e. The summed E-state index contributed by atoms with van der Waals surface area (Å²) in [5, 5.41) is 15.3. The number of benzene rings is 1. The van der Waals surface area contributed by atoms with Crippen LogP contribution < -0.4 is 0 Å². The van der Waals surface area contributed by atoms with Crippen molar-refractivity contribution in [1.82, 2.24) is 14.7 Å². The Morgan fingerprint density at radius 3 is 2.62 bits per heavy atom. The minimum absolute atomic E-state index is 0.0285. The van der Waals surface area contributed by atoms with Gasteiger partial charge in [-0.2, -0.15) is 5.10 Å². The molecule has 3 rings (SSSR count). The first kappa shape index (κ1) is 20.8. The standard InChI is InChI=1S/C21H25FN4O3/c1-20(2,3)29-19(27)25-11-8-21(28,9-12-25)14-26-10-7-17(24-26)15-5-6-18(23-4)16(22)13-15/h5-7,10,13,28H,8-9,11-12,14H2,1-3H3. The number of likely N-dealkylation sites (tertiary alicyclic amines) is 1. The summed E-state index contributed by atoms with van der Waals surface area (Å²) >= 11 is 0. The minimum atomic E-state index is -0.985. The minimum Gasteiger partial charge on any atom is -0.444 e. The van der Waals surface area contributed by atoms with Crippen LogP contribution in [0.1, 0.15) is 33.6 Å². The molecule has 1 fully saturated rings. The van der Waals surface area contributed by atoms with Crippen LogP contribution in [0.3, 0.4) is 0 Å². The molecule has 1 aliphatic rings.